The molecule has 9 aromatic carbocycles. The first-order valence-corrected chi connectivity index (χ1v) is 22.2. The van der Waals surface area contributed by atoms with Crippen LogP contribution < -0.4 is 0 Å². The van der Waals surface area contributed by atoms with Crippen molar-refractivity contribution in [1.29, 1.82) is 0 Å². The van der Waals surface area contributed by atoms with Crippen molar-refractivity contribution >= 4 is 33.6 Å². The van der Waals surface area contributed by atoms with Crippen molar-refractivity contribution in [2.75, 3.05) is 0 Å². The number of rotatable bonds is 5. The van der Waals surface area contributed by atoms with Crippen LogP contribution in [0.3, 0.4) is 0 Å². The molecule has 0 N–H and O–H groups in total. The van der Waals surface area contributed by atoms with Crippen LogP contribution in [0.2, 0.25) is 0 Å². The van der Waals surface area contributed by atoms with Crippen LogP contribution >= 0.6 is 11.8 Å². The first-order valence-electron chi connectivity index (χ1n) is 21.3. The second-order valence-electron chi connectivity index (χ2n) is 16.3. The molecule has 1 atom stereocenters. The summed E-state index contributed by atoms with van der Waals surface area (Å²) in [5.41, 5.74) is 15.9. The van der Waals surface area contributed by atoms with E-state index in [0.29, 0.717) is 17.5 Å². The minimum atomic E-state index is -0.540. The molecule has 4 heterocycles. The molecule has 0 saturated heterocycles. The summed E-state index contributed by atoms with van der Waals surface area (Å²) in [6.07, 6.45) is 0. The standard InChI is InChI=1S/C58H36N4S/c1-3-14-37(15-4-1)38-26-30-41(31-27-38)56-59-55(40-16-5-2-6-17-40)60-57(61-56)42-32-28-39(29-33-42)43-34-35-53-49(36-43)58(47-21-9-12-25-52(47)63-53)46-20-8-11-24-51(46)62-50-23-10-7-18-44(50)45-19-13-22-48(58)54(45)62/h1-36H. The summed E-state index contributed by atoms with van der Waals surface area (Å²) < 4.78 is 2.50. The zero-order chi connectivity index (χ0) is 41.5. The van der Waals surface area contributed by atoms with Gasteiger partial charge in [0.05, 0.1) is 22.1 Å². The Labute approximate surface area is 369 Å². The van der Waals surface area contributed by atoms with Gasteiger partial charge in [-0.2, -0.15) is 0 Å². The molecule has 0 amide bonds. The molecule has 1 unspecified atom stereocenters. The third kappa shape index (κ3) is 5.46. The predicted octanol–water partition coefficient (Wildman–Crippen LogP) is 14.5. The molecule has 0 saturated carbocycles. The smallest absolute Gasteiger partial charge is 0.164 e. The van der Waals surface area contributed by atoms with Gasteiger partial charge in [0.15, 0.2) is 17.5 Å². The van der Waals surface area contributed by atoms with Crippen LogP contribution in [0.5, 0.6) is 0 Å². The van der Waals surface area contributed by atoms with E-state index >= 15 is 0 Å². The minimum absolute atomic E-state index is 0.540. The van der Waals surface area contributed by atoms with E-state index in [1.165, 1.54) is 65.1 Å². The zero-order valence-corrected chi connectivity index (χ0v) is 34.8. The maximum absolute atomic E-state index is 5.09. The molecule has 294 valence electrons. The Hall–Kier alpha value is -7.86. The molecule has 2 aliphatic rings. The van der Waals surface area contributed by atoms with Crippen LogP contribution in [0.15, 0.2) is 228 Å². The third-order valence-corrected chi connectivity index (χ3v) is 14.1. The lowest BCUT2D eigenvalue weighted by molar-refractivity contribution is 0.690. The number of nitrogens with zero attached hydrogens (tertiary/aromatic N) is 4. The van der Waals surface area contributed by atoms with E-state index in [1.54, 1.807) is 0 Å². The van der Waals surface area contributed by atoms with Crippen molar-refractivity contribution in [1.82, 2.24) is 19.5 Å². The first kappa shape index (κ1) is 35.9. The van der Waals surface area contributed by atoms with Crippen LogP contribution in [-0.2, 0) is 5.41 Å². The maximum Gasteiger partial charge on any atom is 0.164 e. The Balaban J connectivity index is 0.952. The van der Waals surface area contributed by atoms with Gasteiger partial charge in [-0.1, -0.05) is 200 Å². The molecule has 0 aliphatic carbocycles. The quantitative estimate of drug-likeness (QED) is 0.173. The highest BCUT2D eigenvalue weighted by Crippen LogP contribution is 2.60. The molecule has 63 heavy (non-hydrogen) atoms. The van der Waals surface area contributed by atoms with Crippen LogP contribution in [0, 0.1) is 0 Å². The molecule has 11 aromatic rings. The van der Waals surface area contributed by atoms with Crippen LogP contribution in [0.25, 0.3) is 83.9 Å². The van der Waals surface area contributed by atoms with Gasteiger partial charge in [-0.25, -0.2) is 15.0 Å². The Bertz CT molecular complexity index is 3580. The second kappa shape index (κ2) is 14.1. The van der Waals surface area contributed by atoms with E-state index in [4.69, 9.17) is 15.0 Å². The fourth-order valence-electron chi connectivity index (χ4n) is 10.1. The average Bonchev–Trinajstić information content (AvgIpc) is 3.71. The van der Waals surface area contributed by atoms with Gasteiger partial charge in [-0.15, -0.1) is 0 Å². The summed E-state index contributed by atoms with van der Waals surface area (Å²) in [5.74, 6) is 1.92. The highest BCUT2D eigenvalue weighted by Gasteiger charge is 2.49. The van der Waals surface area contributed by atoms with Crippen LogP contribution in [0.1, 0.15) is 22.3 Å². The molecule has 4 nitrogen and oxygen atoms in total. The van der Waals surface area contributed by atoms with Gasteiger partial charge < -0.3 is 4.57 Å². The van der Waals surface area contributed by atoms with Gasteiger partial charge in [0.1, 0.15) is 0 Å². The van der Waals surface area contributed by atoms with E-state index in [0.717, 1.165) is 33.4 Å². The van der Waals surface area contributed by atoms with Gasteiger partial charge in [0.25, 0.3) is 0 Å². The highest BCUT2D eigenvalue weighted by atomic mass is 32.2. The minimum Gasteiger partial charge on any atom is -0.309 e. The SMILES string of the molecule is c1ccc(-c2ccc(-c3nc(-c4ccccc4)nc(-c4ccc(-c5ccc6c(c5)C5(c7ccccc7S6)c6ccccc6-n6c7ccccc7c7cccc5c76)cc4)n3)cc2)cc1. The molecular formula is C58H36N4S. The van der Waals surface area contributed by atoms with Gasteiger partial charge in [-0.3, -0.25) is 0 Å². The number of fused-ring (bicyclic) bond motifs is 11. The van der Waals surface area contributed by atoms with Crippen molar-refractivity contribution in [3.05, 3.63) is 241 Å². The first-order chi connectivity index (χ1) is 31.2. The molecule has 0 fully saturated rings. The van der Waals surface area contributed by atoms with Crippen LogP contribution in [-0.4, -0.2) is 19.5 Å². The summed E-state index contributed by atoms with van der Waals surface area (Å²) >= 11 is 1.87. The summed E-state index contributed by atoms with van der Waals surface area (Å²) in [4.78, 5) is 17.7. The monoisotopic (exact) mass is 820 g/mol. The lowest BCUT2D eigenvalue weighted by Crippen LogP contribution is -2.37. The fourth-order valence-corrected chi connectivity index (χ4v) is 11.3. The zero-order valence-electron chi connectivity index (χ0n) is 34.0. The second-order valence-corrected chi connectivity index (χ2v) is 17.4. The molecule has 13 rings (SSSR count). The molecule has 1 spiro atoms. The predicted molar refractivity (Wildman–Crippen MR) is 257 cm³/mol. The molecule has 0 radical (unpaired) electrons. The van der Waals surface area contributed by atoms with E-state index in [-0.39, 0.29) is 0 Å². The summed E-state index contributed by atoms with van der Waals surface area (Å²) in [7, 11) is 0. The van der Waals surface area contributed by atoms with Crippen LogP contribution in [0.4, 0.5) is 0 Å². The van der Waals surface area contributed by atoms with Crippen molar-refractivity contribution in [2.24, 2.45) is 0 Å². The number of para-hydroxylation sites is 3. The molecule has 2 aliphatic heterocycles. The lowest BCUT2D eigenvalue weighted by atomic mass is 9.62. The number of hydrogen-bond acceptors (Lipinski definition) is 4. The Morgan fingerprint density at radius 3 is 1.52 bits per heavy atom. The number of benzene rings is 9. The van der Waals surface area contributed by atoms with E-state index in [1.807, 2.05) is 36.0 Å². The Morgan fingerprint density at radius 1 is 0.333 bits per heavy atom. The van der Waals surface area contributed by atoms with Crippen molar-refractivity contribution in [2.45, 2.75) is 15.2 Å². The largest absolute Gasteiger partial charge is 0.309 e. The van der Waals surface area contributed by atoms with Gasteiger partial charge in [0, 0.05) is 37.3 Å². The average molecular weight is 821 g/mol. The number of aromatic nitrogens is 4. The maximum atomic E-state index is 5.09. The van der Waals surface area contributed by atoms with Gasteiger partial charge >= 0.3 is 0 Å². The third-order valence-electron chi connectivity index (χ3n) is 12.9. The highest BCUT2D eigenvalue weighted by molar-refractivity contribution is 7.99. The van der Waals surface area contributed by atoms with E-state index in [2.05, 4.69) is 199 Å². The van der Waals surface area contributed by atoms with Crippen molar-refractivity contribution in [3.63, 3.8) is 0 Å². The van der Waals surface area contributed by atoms with E-state index in [9.17, 15) is 0 Å². The lowest BCUT2D eigenvalue weighted by Gasteiger charge is -2.45. The molecule has 2 aromatic heterocycles. The summed E-state index contributed by atoms with van der Waals surface area (Å²) in [6, 6.07) is 78.7. The molecular weight excluding hydrogens is 785 g/mol. The van der Waals surface area contributed by atoms with E-state index < -0.39 is 5.41 Å². The summed E-state index contributed by atoms with van der Waals surface area (Å²) in [6.45, 7) is 0. The molecule has 5 heteroatoms. The topological polar surface area (TPSA) is 43.6 Å². The molecule has 0 bridgehead atoms. The van der Waals surface area contributed by atoms with Crippen molar-refractivity contribution in [3.8, 4) is 62.1 Å². The Kier molecular flexibility index (Phi) is 8.02. The van der Waals surface area contributed by atoms with Gasteiger partial charge in [-0.05, 0) is 74.8 Å². The normalized spacial score (nSPS) is 14.7. The van der Waals surface area contributed by atoms with Gasteiger partial charge in [0.2, 0.25) is 0 Å². The van der Waals surface area contributed by atoms with Crippen molar-refractivity contribution < 1.29 is 0 Å². The number of hydrogen-bond donors (Lipinski definition) is 0. The fraction of sp³-hybridized carbons (Fsp3) is 0.0172. The summed E-state index contributed by atoms with van der Waals surface area (Å²) in [5, 5.41) is 2.55. The Morgan fingerprint density at radius 2 is 0.810 bits per heavy atom.